The number of hydrogen-bond donors (Lipinski definition) is 1. The monoisotopic (exact) mass is 443 g/mol. The Hall–Kier alpha value is -2.32. The summed E-state index contributed by atoms with van der Waals surface area (Å²) in [5.41, 5.74) is -1.52. The average Bonchev–Trinajstić information content (AvgIpc) is 2.72. The van der Waals surface area contributed by atoms with Crippen molar-refractivity contribution in [1.82, 2.24) is 5.32 Å². The summed E-state index contributed by atoms with van der Waals surface area (Å²) in [7, 11) is 0. The van der Waals surface area contributed by atoms with Crippen LogP contribution in [0.3, 0.4) is 0 Å². The third-order valence-corrected chi connectivity index (χ3v) is 5.57. The van der Waals surface area contributed by atoms with Crippen LogP contribution in [-0.2, 0) is 22.6 Å². The van der Waals surface area contributed by atoms with Crippen LogP contribution >= 0.6 is 0 Å². The lowest BCUT2D eigenvalue weighted by atomic mass is 9.82. The van der Waals surface area contributed by atoms with Gasteiger partial charge in [-0.05, 0) is 49.1 Å². The largest absolute Gasteiger partial charge is 0.416 e. The van der Waals surface area contributed by atoms with Crippen molar-refractivity contribution in [3.63, 3.8) is 0 Å². The van der Waals surface area contributed by atoms with E-state index >= 15 is 0 Å². The van der Waals surface area contributed by atoms with Crippen LogP contribution in [0.25, 0.3) is 0 Å². The van der Waals surface area contributed by atoms with Gasteiger partial charge in [0.25, 0.3) is 0 Å². The molecule has 1 heterocycles. The van der Waals surface area contributed by atoms with E-state index in [1.54, 1.807) is 0 Å². The zero-order valence-corrected chi connectivity index (χ0v) is 16.9. The molecule has 2 atom stereocenters. The molecule has 2 aromatic rings. The fourth-order valence-corrected chi connectivity index (χ4v) is 3.65. The number of alkyl halides is 6. The summed E-state index contributed by atoms with van der Waals surface area (Å²) in [6.07, 6.45) is -9.38. The van der Waals surface area contributed by atoms with Gasteiger partial charge in [0.05, 0.1) is 29.4 Å². The van der Waals surface area contributed by atoms with E-state index in [9.17, 15) is 26.3 Å². The van der Waals surface area contributed by atoms with E-state index in [0.29, 0.717) is 25.1 Å². The van der Waals surface area contributed by atoms with Crippen LogP contribution < -0.4 is 5.32 Å². The Morgan fingerprint density at radius 1 is 1.00 bits per heavy atom. The van der Waals surface area contributed by atoms with E-state index in [4.69, 9.17) is 4.74 Å². The molecule has 31 heavy (non-hydrogen) atoms. The van der Waals surface area contributed by atoms with Gasteiger partial charge in [0.2, 0.25) is 0 Å². The van der Waals surface area contributed by atoms with Crippen LogP contribution in [0.1, 0.15) is 48.1 Å². The van der Waals surface area contributed by atoms with Crippen molar-refractivity contribution in [3.05, 3.63) is 82.9 Å². The van der Waals surface area contributed by atoms with Gasteiger partial charge in [-0.1, -0.05) is 42.5 Å². The first kappa shape index (κ1) is 23.3. The van der Waals surface area contributed by atoms with Crippen molar-refractivity contribution in [2.45, 2.75) is 43.8 Å². The summed E-state index contributed by atoms with van der Waals surface area (Å²) in [6, 6.07) is 11.0. The maximum Gasteiger partial charge on any atom is 0.416 e. The molecule has 168 valence electrons. The molecule has 8 heteroatoms. The third kappa shape index (κ3) is 5.49. The van der Waals surface area contributed by atoms with Crippen molar-refractivity contribution in [2.24, 2.45) is 0 Å². The topological polar surface area (TPSA) is 21.3 Å². The molecule has 3 rings (SSSR count). The van der Waals surface area contributed by atoms with Gasteiger partial charge < -0.3 is 10.1 Å². The Morgan fingerprint density at radius 3 is 2.06 bits per heavy atom. The predicted molar refractivity (Wildman–Crippen MR) is 105 cm³/mol. The van der Waals surface area contributed by atoms with E-state index in [1.807, 2.05) is 30.3 Å². The molecule has 2 aromatic carbocycles. The van der Waals surface area contributed by atoms with Crippen LogP contribution in [0.5, 0.6) is 0 Å². The zero-order chi connectivity index (χ0) is 22.9. The first-order chi connectivity index (χ1) is 14.4. The highest BCUT2D eigenvalue weighted by Gasteiger charge is 2.38. The first-order valence-electron chi connectivity index (χ1n) is 9.79. The highest BCUT2D eigenvalue weighted by atomic mass is 19.4. The summed E-state index contributed by atoms with van der Waals surface area (Å²) in [5, 5.41) is 3.39. The highest BCUT2D eigenvalue weighted by molar-refractivity contribution is 5.35. The molecule has 1 unspecified atom stereocenters. The van der Waals surface area contributed by atoms with Crippen molar-refractivity contribution in [3.8, 4) is 0 Å². The van der Waals surface area contributed by atoms with Crippen LogP contribution in [0.15, 0.2) is 60.7 Å². The number of piperidine rings is 1. The van der Waals surface area contributed by atoms with Crippen LogP contribution in [0.4, 0.5) is 26.3 Å². The number of benzene rings is 2. The van der Waals surface area contributed by atoms with Gasteiger partial charge in [0, 0.05) is 6.54 Å². The van der Waals surface area contributed by atoms with E-state index < -0.39 is 35.1 Å². The average molecular weight is 443 g/mol. The van der Waals surface area contributed by atoms with Gasteiger partial charge >= 0.3 is 12.4 Å². The molecular weight excluding hydrogens is 420 g/mol. The van der Waals surface area contributed by atoms with Gasteiger partial charge in [-0.15, -0.1) is 0 Å². The molecule has 0 aromatic heterocycles. The van der Waals surface area contributed by atoms with E-state index in [2.05, 4.69) is 11.9 Å². The van der Waals surface area contributed by atoms with Gasteiger partial charge in [0.1, 0.15) is 0 Å². The maximum absolute atomic E-state index is 13.2. The van der Waals surface area contributed by atoms with Crippen molar-refractivity contribution in [2.75, 3.05) is 13.2 Å². The zero-order valence-electron chi connectivity index (χ0n) is 16.9. The van der Waals surface area contributed by atoms with Gasteiger partial charge in [-0.25, -0.2) is 0 Å². The van der Waals surface area contributed by atoms with E-state index in [1.165, 1.54) is 6.92 Å². The molecule has 0 saturated carbocycles. The molecule has 1 saturated heterocycles. The second kappa shape index (κ2) is 8.67. The quantitative estimate of drug-likeness (QED) is 0.413. The molecule has 2 nitrogen and oxygen atoms in total. The molecule has 0 aliphatic carbocycles. The maximum atomic E-state index is 13.2. The Balaban J connectivity index is 1.87. The number of rotatable bonds is 5. The molecule has 1 aliphatic heterocycles. The molecule has 0 spiro atoms. The second-order valence-corrected chi connectivity index (χ2v) is 7.84. The number of halogens is 6. The molecule has 1 aliphatic rings. The lowest BCUT2D eigenvalue weighted by Gasteiger charge is -2.40. The SMILES string of the molecule is C=C1CC[C@@](COC(C)c2cc(C(F)(F)F)cc(C(F)(F)F)c2)(c2ccccc2)NC1. The Kier molecular flexibility index (Phi) is 6.53. The van der Waals surface area contributed by atoms with E-state index in [0.717, 1.165) is 17.6 Å². The van der Waals surface area contributed by atoms with Crippen molar-refractivity contribution in [1.29, 1.82) is 0 Å². The molecular formula is C23H23F6NO. The predicted octanol–water partition coefficient (Wildman–Crippen LogP) is 6.64. The number of ether oxygens (including phenoxy) is 1. The molecule has 0 amide bonds. The molecule has 1 fully saturated rings. The Bertz CT molecular complexity index is 878. The summed E-state index contributed by atoms with van der Waals surface area (Å²) < 4.78 is 84.9. The summed E-state index contributed by atoms with van der Waals surface area (Å²) >= 11 is 0. The fraction of sp³-hybridized carbons (Fsp3) is 0.391. The summed E-state index contributed by atoms with van der Waals surface area (Å²) in [6.45, 7) is 6.06. The number of nitrogens with one attached hydrogen (secondary N) is 1. The van der Waals surface area contributed by atoms with Gasteiger partial charge in [0.15, 0.2) is 0 Å². The van der Waals surface area contributed by atoms with Gasteiger partial charge in [-0.2, -0.15) is 26.3 Å². The highest BCUT2D eigenvalue weighted by Crippen LogP contribution is 2.39. The van der Waals surface area contributed by atoms with Gasteiger partial charge in [-0.3, -0.25) is 0 Å². The van der Waals surface area contributed by atoms with Crippen LogP contribution in [-0.4, -0.2) is 13.2 Å². The molecule has 1 N–H and O–H groups in total. The fourth-order valence-electron chi connectivity index (χ4n) is 3.65. The lowest BCUT2D eigenvalue weighted by Crippen LogP contribution is -2.50. The smallest absolute Gasteiger partial charge is 0.372 e. The molecule has 0 radical (unpaired) electrons. The lowest BCUT2D eigenvalue weighted by molar-refractivity contribution is -0.143. The van der Waals surface area contributed by atoms with E-state index in [-0.39, 0.29) is 18.2 Å². The van der Waals surface area contributed by atoms with Crippen molar-refractivity contribution < 1.29 is 31.1 Å². The number of hydrogen-bond acceptors (Lipinski definition) is 2. The summed E-state index contributed by atoms with van der Waals surface area (Å²) in [4.78, 5) is 0. The van der Waals surface area contributed by atoms with Crippen LogP contribution in [0.2, 0.25) is 0 Å². The van der Waals surface area contributed by atoms with Crippen molar-refractivity contribution >= 4 is 0 Å². The third-order valence-electron chi connectivity index (χ3n) is 5.57. The standard InChI is InChI=1S/C23H23F6NO/c1-15-8-9-21(30-13-15,18-6-4-3-5-7-18)14-31-16(2)17-10-19(22(24,25)26)12-20(11-17)23(27,28)29/h3-7,10-12,16,30H,1,8-9,13-14H2,2H3/t16?,21-/m1/s1. The Morgan fingerprint density at radius 2 is 1.58 bits per heavy atom. The molecule has 0 bridgehead atoms. The second-order valence-electron chi connectivity index (χ2n) is 7.84. The van der Waals surface area contributed by atoms with Crippen LogP contribution in [0, 0.1) is 0 Å². The minimum absolute atomic E-state index is 0.0864. The normalized spacial score (nSPS) is 21.2. The Labute approximate surface area is 176 Å². The summed E-state index contributed by atoms with van der Waals surface area (Å²) in [5.74, 6) is 0. The minimum Gasteiger partial charge on any atom is -0.372 e. The first-order valence-corrected chi connectivity index (χ1v) is 9.79. The minimum atomic E-state index is -4.90.